The number of terminal acetylenes is 1. The van der Waals surface area contributed by atoms with Gasteiger partial charge in [0.15, 0.2) is 6.10 Å². The van der Waals surface area contributed by atoms with Gasteiger partial charge in [-0.3, -0.25) is 4.79 Å². The molecule has 0 unspecified atom stereocenters. The maximum atomic E-state index is 12.3. The lowest BCUT2D eigenvalue weighted by Crippen LogP contribution is -2.59. The molecule has 1 amide bonds. The molecule has 0 spiro atoms. The van der Waals surface area contributed by atoms with Crippen LogP contribution in [-0.4, -0.2) is 23.5 Å². The minimum atomic E-state index is -0.462. The van der Waals surface area contributed by atoms with E-state index in [4.69, 9.17) is 11.2 Å². The molecule has 1 aliphatic rings. The summed E-state index contributed by atoms with van der Waals surface area (Å²) in [5.74, 6) is 2.50. The predicted octanol–water partition coefficient (Wildman–Crippen LogP) is 2.79. The Morgan fingerprint density at radius 3 is 2.32 bits per heavy atom. The van der Waals surface area contributed by atoms with Gasteiger partial charge in [0.05, 0.1) is 19.2 Å². The van der Waals surface area contributed by atoms with Crippen molar-refractivity contribution in [3.05, 3.63) is 71.8 Å². The standard InChI is InChI=1S/C19H17NO2/c1-2-13-20-17(16-11-7-4-8-12-16)18(19(20)21)22-14-15-9-5-3-6-10-15/h1,3-12,17-18H,13-14H2/t17-,18+/m0/s1. The summed E-state index contributed by atoms with van der Waals surface area (Å²) in [6.07, 6.45) is 4.91. The zero-order chi connectivity index (χ0) is 15.4. The molecule has 3 heteroatoms. The smallest absolute Gasteiger partial charge is 0.255 e. The predicted molar refractivity (Wildman–Crippen MR) is 84.7 cm³/mol. The number of hydrogen-bond acceptors (Lipinski definition) is 2. The molecule has 1 aliphatic heterocycles. The summed E-state index contributed by atoms with van der Waals surface area (Å²) in [4.78, 5) is 13.9. The minimum absolute atomic E-state index is 0.0391. The van der Waals surface area contributed by atoms with Crippen molar-refractivity contribution in [2.45, 2.75) is 18.8 Å². The van der Waals surface area contributed by atoms with Gasteiger partial charge in [-0.25, -0.2) is 0 Å². The van der Waals surface area contributed by atoms with E-state index < -0.39 is 6.10 Å². The Hall–Kier alpha value is -2.57. The van der Waals surface area contributed by atoms with E-state index in [1.807, 2.05) is 60.7 Å². The Morgan fingerprint density at radius 2 is 1.68 bits per heavy atom. The van der Waals surface area contributed by atoms with Crippen LogP contribution in [0.4, 0.5) is 0 Å². The van der Waals surface area contributed by atoms with E-state index in [0.717, 1.165) is 11.1 Å². The lowest BCUT2D eigenvalue weighted by molar-refractivity contribution is -0.175. The number of nitrogens with zero attached hydrogens (tertiary/aromatic N) is 1. The Balaban J connectivity index is 1.74. The Bertz CT molecular complexity index is 676. The summed E-state index contributed by atoms with van der Waals surface area (Å²) < 4.78 is 5.86. The van der Waals surface area contributed by atoms with Gasteiger partial charge < -0.3 is 9.64 Å². The van der Waals surface area contributed by atoms with Gasteiger partial charge in [-0.15, -0.1) is 6.42 Å². The lowest BCUT2D eigenvalue weighted by Gasteiger charge is -2.46. The molecule has 22 heavy (non-hydrogen) atoms. The van der Waals surface area contributed by atoms with Crippen molar-refractivity contribution in [2.24, 2.45) is 0 Å². The van der Waals surface area contributed by atoms with Gasteiger partial charge in [-0.05, 0) is 11.1 Å². The molecule has 2 atom stereocenters. The van der Waals surface area contributed by atoms with E-state index in [-0.39, 0.29) is 11.9 Å². The van der Waals surface area contributed by atoms with Gasteiger partial charge in [-0.2, -0.15) is 0 Å². The van der Waals surface area contributed by atoms with Crippen LogP contribution in [0.15, 0.2) is 60.7 Å². The van der Waals surface area contributed by atoms with Crippen LogP contribution in [0.5, 0.6) is 0 Å². The molecule has 3 nitrogen and oxygen atoms in total. The summed E-state index contributed by atoms with van der Waals surface area (Å²) in [7, 11) is 0. The molecule has 2 aromatic carbocycles. The van der Waals surface area contributed by atoms with E-state index in [0.29, 0.717) is 13.2 Å². The zero-order valence-corrected chi connectivity index (χ0v) is 12.2. The third-order valence-corrected chi connectivity index (χ3v) is 3.82. The fourth-order valence-corrected chi connectivity index (χ4v) is 2.72. The first-order valence-corrected chi connectivity index (χ1v) is 7.25. The highest BCUT2D eigenvalue weighted by Gasteiger charge is 2.48. The van der Waals surface area contributed by atoms with Crippen molar-refractivity contribution >= 4 is 5.91 Å². The van der Waals surface area contributed by atoms with Gasteiger partial charge >= 0.3 is 0 Å². The van der Waals surface area contributed by atoms with Crippen LogP contribution < -0.4 is 0 Å². The van der Waals surface area contributed by atoms with Crippen LogP contribution >= 0.6 is 0 Å². The number of amides is 1. The highest BCUT2D eigenvalue weighted by Crippen LogP contribution is 2.36. The lowest BCUT2D eigenvalue weighted by atomic mass is 9.90. The van der Waals surface area contributed by atoms with E-state index in [9.17, 15) is 4.79 Å². The first-order valence-electron chi connectivity index (χ1n) is 7.25. The van der Waals surface area contributed by atoms with Crippen molar-refractivity contribution < 1.29 is 9.53 Å². The number of carbonyl (C=O) groups is 1. The molecule has 1 fully saturated rings. The average molecular weight is 291 g/mol. The van der Waals surface area contributed by atoms with Crippen molar-refractivity contribution in [1.82, 2.24) is 4.90 Å². The number of hydrogen-bond donors (Lipinski definition) is 0. The van der Waals surface area contributed by atoms with Crippen molar-refractivity contribution in [3.63, 3.8) is 0 Å². The van der Waals surface area contributed by atoms with Gasteiger partial charge in [-0.1, -0.05) is 66.6 Å². The van der Waals surface area contributed by atoms with Crippen LogP contribution in [-0.2, 0) is 16.1 Å². The molecule has 0 aliphatic carbocycles. The molecule has 3 rings (SSSR count). The summed E-state index contributed by atoms with van der Waals surface area (Å²) in [6.45, 7) is 0.730. The first kappa shape index (κ1) is 14.4. The molecule has 1 saturated heterocycles. The SMILES string of the molecule is C#CCN1C(=O)[C@H](OCc2ccccc2)[C@@H]1c1ccccc1. The van der Waals surface area contributed by atoms with Crippen LogP contribution in [0.2, 0.25) is 0 Å². The third kappa shape index (κ3) is 2.74. The second kappa shape index (κ2) is 6.46. The molecule has 0 aromatic heterocycles. The fraction of sp³-hybridized carbons (Fsp3) is 0.211. The second-order valence-corrected chi connectivity index (χ2v) is 5.24. The molecule has 110 valence electrons. The molecule has 0 radical (unpaired) electrons. The maximum Gasteiger partial charge on any atom is 0.255 e. The number of rotatable bonds is 5. The quantitative estimate of drug-likeness (QED) is 0.626. The highest BCUT2D eigenvalue weighted by molar-refractivity contribution is 5.89. The molecule has 1 heterocycles. The van der Waals surface area contributed by atoms with E-state index in [2.05, 4.69) is 5.92 Å². The fourth-order valence-electron chi connectivity index (χ4n) is 2.72. The van der Waals surface area contributed by atoms with E-state index in [1.54, 1.807) is 4.90 Å². The normalized spacial score (nSPS) is 20.3. The highest BCUT2D eigenvalue weighted by atomic mass is 16.5. The van der Waals surface area contributed by atoms with E-state index in [1.165, 1.54) is 0 Å². The largest absolute Gasteiger partial charge is 0.361 e. The third-order valence-electron chi connectivity index (χ3n) is 3.82. The maximum absolute atomic E-state index is 12.3. The number of benzene rings is 2. The van der Waals surface area contributed by atoms with Crippen LogP contribution in [0.3, 0.4) is 0 Å². The second-order valence-electron chi connectivity index (χ2n) is 5.24. The Labute approximate surface area is 130 Å². The number of carbonyl (C=O) groups excluding carboxylic acids is 1. The number of likely N-dealkylation sites (tertiary alicyclic amines) is 1. The van der Waals surface area contributed by atoms with Crippen LogP contribution in [0.25, 0.3) is 0 Å². The molecule has 0 bridgehead atoms. The van der Waals surface area contributed by atoms with Gasteiger partial charge in [0.25, 0.3) is 5.91 Å². The first-order chi connectivity index (χ1) is 10.8. The summed E-state index contributed by atoms with van der Waals surface area (Å²) in [6, 6.07) is 19.6. The van der Waals surface area contributed by atoms with Crippen molar-refractivity contribution in [1.29, 1.82) is 0 Å². The summed E-state index contributed by atoms with van der Waals surface area (Å²) >= 11 is 0. The molecule has 0 N–H and O–H groups in total. The Kier molecular flexibility index (Phi) is 4.22. The van der Waals surface area contributed by atoms with Crippen molar-refractivity contribution in [3.8, 4) is 12.3 Å². The van der Waals surface area contributed by atoms with Gasteiger partial charge in [0.2, 0.25) is 0 Å². The number of ether oxygens (including phenoxy) is 1. The molecule has 2 aromatic rings. The van der Waals surface area contributed by atoms with Gasteiger partial charge in [0, 0.05) is 0 Å². The summed E-state index contributed by atoms with van der Waals surface area (Å²) in [5, 5.41) is 0. The molecular weight excluding hydrogens is 274 g/mol. The van der Waals surface area contributed by atoms with Crippen LogP contribution in [0.1, 0.15) is 17.2 Å². The van der Waals surface area contributed by atoms with Gasteiger partial charge in [0.1, 0.15) is 0 Å². The zero-order valence-electron chi connectivity index (χ0n) is 12.2. The average Bonchev–Trinajstić information content (AvgIpc) is 2.58. The van der Waals surface area contributed by atoms with E-state index >= 15 is 0 Å². The molecular formula is C19H17NO2. The van der Waals surface area contributed by atoms with Crippen molar-refractivity contribution in [2.75, 3.05) is 6.54 Å². The molecule has 0 saturated carbocycles. The topological polar surface area (TPSA) is 29.5 Å². The number of β-lactam (4-membered cyclic amide) rings is 1. The van der Waals surface area contributed by atoms with Crippen LogP contribution in [0, 0.1) is 12.3 Å². The monoisotopic (exact) mass is 291 g/mol. The Morgan fingerprint density at radius 1 is 1.05 bits per heavy atom. The summed E-state index contributed by atoms with van der Waals surface area (Å²) in [5.41, 5.74) is 2.10. The minimum Gasteiger partial charge on any atom is -0.361 e.